The van der Waals surface area contributed by atoms with Gasteiger partial charge in [0.05, 0.1) is 0 Å². The first kappa shape index (κ1) is 12.8. The summed E-state index contributed by atoms with van der Waals surface area (Å²) < 4.78 is 4.14. The molecule has 17 heavy (non-hydrogen) atoms. The van der Waals surface area contributed by atoms with Gasteiger partial charge >= 0.3 is 0 Å². The van der Waals surface area contributed by atoms with Crippen molar-refractivity contribution in [2.45, 2.75) is 44.8 Å². The number of rotatable bonds is 1. The van der Waals surface area contributed by atoms with E-state index in [2.05, 4.69) is 23.2 Å². The third-order valence-electron chi connectivity index (χ3n) is 3.06. The number of amides is 1. The highest BCUT2D eigenvalue weighted by Crippen LogP contribution is 2.27. The third-order valence-corrected chi connectivity index (χ3v) is 4.57. The molecule has 1 aliphatic rings. The second kappa shape index (κ2) is 5.35. The molecule has 94 valence electrons. The minimum Gasteiger partial charge on any atom is -0.330 e. The zero-order valence-electron chi connectivity index (χ0n) is 10.3. The average molecular weight is 271 g/mol. The lowest BCUT2D eigenvalue weighted by atomic mass is 9.94. The number of aryl methyl sites for hydroxylation is 1. The molecule has 2 rings (SSSR count). The number of nitrogens with zero attached hydrogens (tertiary/aromatic N) is 3. The average Bonchev–Trinajstić information content (AvgIpc) is 2.63. The summed E-state index contributed by atoms with van der Waals surface area (Å²) in [4.78, 5) is 18.3. The standard InChI is InChI=1S/C11H17N3OS2/c1-7-4-5-14(8(2)6-7)11(15)16-10-12-9(3)17-13-10/h7-8H,4-6H2,1-3H3. The van der Waals surface area contributed by atoms with Gasteiger partial charge in [0, 0.05) is 24.3 Å². The van der Waals surface area contributed by atoms with E-state index < -0.39 is 0 Å². The minimum atomic E-state index is 0.0854. The first-order valence-corrected chi connectivity index (χ1v) is 7.44. The van der Waals surface area contributed by atoms with Gasteiger partial charge in [-0.15, -0.1) is 0 Å². The Bertz CT molecular complexity index is 407. The Hall–Kier alpha value is -0.620. The molecule has 1 fully saturated rings. The van der Waals surface area contributed by atoms with Crippen molar-refractivity contribution in [3.05, 3.63) is 5.01 Å². The van der Waals surface area contributed by atoms with Gasteiger partial charge in [0.15, 0.2) is 0 Å². The van der Waals surface area contributed by atoms with E-state index in [1.807, 2.05) is 11.8 Å². The Labute approximate surface area is 110 Å². The molecule has 0 bridgehead atoms. The van der Waals surface area contributed by atoms with E-state index in [1.165, 1.54) is 11.5 Å². The molecule has 1 saturated heterocycles. The summed E-state index contributed by atoms with van der Waals surface area (Å²) in [6.07, 6.45) is 2.19. The van der Waals surface area contributed by atoms with Crippen LogP contribution in [-0.4, -0.2) is 32.1 Å². The van der Waals surface area contributed by atoms with Crippen LogP contribution in [0.25, 0.3) is 0 Å². The Kier molecular flexibility index (Phi) is 4.04. The van der Waals surface area contributed by atoms with Crippen LogP contribution in [0.15, 0.2) is 5.16 Å². The van der Waals surface area contributed by atoms with Crippen LogP contribution in [0.3, 0.4) is 0 Å². The lowest BCUT2D eigenvalue weighted by Crippen LogP contribution is -2.42. The molecule has 1 amide bonds. The minimum absolute atomic E-state index is 0.0854. The summed E-state index contributed by atoms with van der Waals surface area (Å²) in [6.45, 7) is 7.12. The number of hydrogen-bond acceptors (Lipinski definition) is 5. The molecule has 2 unspecified atom stereocenters. The van der Waals surface area contributed by atoms with Crippen LogP contribution in [0.2, 0.25) is 0 Å². The number of carbonyl (C=O) groups is 1. The maximum atomic E-state index is 12.1. The highest BCUT2D eigenvalue weighted by atomic mass is 32.2. The summed E-state index contributed by atoms with van der Waals surface area (Å²) in [5.74, 6) is 0.721. The lowest BCUT2D eigenvalue weighted by molar-refractivity contribution is 0.159. The number of carbonyl (C=O) groups excluding carboxylic acids is 1. The SMILES string of the molecule is Cc1nc(SC(=O)N2CCC(C)CC2C)ns1. The highest BCUT2D eigenvalue weighted by molar-refractivity contribution is 8.13. The van der Waals surface area contributed by atoms with Crippen molar-refractivity contribution in [1.29, 1.82) is 0 Å². The number of piperidine rings is 1. The summed E-state index contributed by atoms with van der Waals surface area (Å²) >= 11 is 2.49. The molecule has 0 spiro atoms. The molecule has 0 aromatic carbocycles. The third kappa shape index (κ3) is 3.19. The van der Waals surface area contributed by atoms with Crippen LogP contribution in [0.4, 0.5) is 4.79 Å². The van der Waals surface area contributed by atoms with Crippen LogP contribution < -0.4 is 0 Å². The van der Waals surface area contributed by atoms with Crippen molar-refractivity contribution in [3.8, 4) is 0 Å². The maximum Gasteiger partial charge on any atom is 0.289 e. The topological polar surface area (TPSA) is 46.1 Å². The van der Waals surface area contributed by atoms with Gasteiger partial charge in [0.1, 0.15) is 5.01 Å². The van der Waals surface area contributed by atoms with E-state index in [9.17, 15) is 4.79 Å². The van der Waals surface area contributed by atoms with Crippen molar-refractivity contribution >= 4 is 28.5 Å². The molecule has 1 aromatic heterocycles. The molecule has 2 heterocycles. The molecular formula is C11H17N3OS2. The molecule has 2 atom stereocenters. The van der Waals surface area contributed by atoms with Gasteiger partial charge in [0.25, 0.3) is 5.24 Å². The van der Waals surface area contributed by atoms with Gasteiger partial charge in [0.2, 0.25) is 5.16 Å². The van der Waals surface area contributed by atoms with E-state index in [-0.39, 0.29) is 5.24 Å². The van der Waals surface area contributed by atoms with Gasteiger partial charge in [-0.25, -0.2) is 4.98 Å². The van der Waals surface area contributed by atoms with E-state index in [1.54, 1.807) is 0 Å². The second-order valence-corrected chi connectivity index (χ2v) is 6.51. The first-order chi connectivity index (χ1) is 8.06. The zero-order chi connectivity index (χ0) is 12.4. The molecule has 0 N–H and O–H groups in total. The van der Waals surface area contributed by atoms with E-state index in [0.717, 1.165) is 42.1 Å². The summed E-state index contributed by atoms with van der Waals surface area (Å²) in [5.41, 5.74) is 0. The molecule has 0 aliphatic carbocycles. The fourth-order valence-electron chi connectivity index (χ4n) is 2.14. The molecule has 4 nitrogen and oxygen atoms in total. The van der Waals surface area contributed by atoms with Crippen molar-refractivity contribution < 1.29 is 4.79 Å². The van der Waals surface area contributed by atoms with Crippen molar-refractivity contribution in [2.75, 3.05) is 6.54 Å². The van der Waals surface area contributed by atoms with E-state index >= 15 is 0 Å². The van der Waals surface area contributed by atoms with Crippen molar-refractivity contribution in [3.63, 3.8) is 0 Å². The van der Waals surface area contributed by atoms with Crippen LogP contribution in [0.1, 0.15) is 31.7 Å². The van der Waals surface area contributed by atoms with E-state index in [4.69, 9.17) is 0 Å². The first-order valence-electron chi connectivity index (χ1n) is 5.85. The van der Waals surface area contributed by atoms with Gasteiger partial charge in [-0.3, -0.25) is 4.79 Å². The van der Waals surface area contributed by atoms with Gasteiger partial charge in [-0.05, 0) is 44.1 Å². The monoisotopic (exact) mass is 271 g/mol. The van der Waals surface area contributed by atoms with Crippen molar-refractivity contribution in [1.82, 2.24) is 14.3 Å². The Morgan fingerprint density at radius 2 is 2.29 bits per heavy atom. The van der Waals surface area contributed by atoms with Gasteiger partial charge in [-0.2, -0.15) is 4.37 Å². The quantitative estimate of drug-likeness (QED) is 0.736. The fraction of sp³-hybridized carbons (Fsp3) is 0.727. The molecule has 0 radical (unpaired) electrons. The zero-order valence-corrected chi connectivity index (χ0v) is 12.0. The van der Waals surface area contributed by atoms with Crippen molar-refractivity contribution in [2.24, 2.45) is 5.92 Å². The Balaban J connectivity index is 1.96. The normalized spacial score (nSPS) is 25.0. The summed E-state index contributed by atoms with van der Waals surface area (Å²) in [7, 11) is 0. The number of likely N-dealkylation sites (tertiary alicyclic amines) is 1. The number of thioether (sulfide) groups is 1. The smallest absolute Gasteiger partial charge is 0.289 e. The van der Waals surface area contributed by atoms with E-state index in [0.29, 0.717) is 11.2 Å². The maximum absolute atomic E-state index is 12.1. The molecule has 0 saturated carbocycles. The fourth-order valence-corrected chi connectivity index (χ4v) is 3.56. The molecular weight excluding hydrogens is 254 g/mol. The predicted octanol–water partition coefficient (Wildman–Crippen LogP) is 3.18. The van der Waals surface area contributed by atoms with Crippen LogP contribution in [0.5, 0.6) is 0 Å². The summed E-state index contributed by atoms with van der Waals surface area (Å²) in [5, 5.41) is 1.58. The number of aromatic nitrogens is 2. The van der Waals surface area contributed by atoms with Crippen LogP contribution in [0, 0.1) is 12.8 Å². The van der Waals surface area contributed by atoms with Crippen LogP contribution in [-0.2, 0) is 0 Å². The molecule has 1 aliphatic heterocycles. The lowest BCUT2D eigenvalue weighted by Gasteiger charge is -2.35. The largest absolute Gasteiger partial charge is 0.330 e. The second-order valence-electron chi connectivity index (χ2n) is 4.64. The Morgan fingerprint density at radius 3 is 2.88 bits per heavy atom. The predicted molar refractivity (Wildman–Crippen MR) is 70.5 cm³/mol. The summed E-state index contributed by atoms with van der Waals surface area (Å²) in [6, 6.07) is 0.332. The molecule has 1 aromatic rings. The van der Waals surface area contributed by atoms with Crippen LogP contribution >= 0.6 is 23.3 Å². The highest BCUT2D eigenvalue weighted by Gasteiger charge is 2.27. The Morgan fingerprint density at radius 1 is 1.53 bits per heavy atom. The number of hydrogen-bond donors (Lipinski definition) is 0. The van der Waals surface area contributed by atoms with Gasteiger partial charge < -0.3 is 4.90 Å². The molecule has 6 heteroatoms. The van der Waals surface area contributed by atoms with Gasteiger partial charge in [-0.1, -0.05) is 6.92 Å².